The molecule has 0 bridgehead atoms. The highest BCUT2D eigenvalue weighted by molar-refractivity contribution is 5.85. The third kappa shape index (κ3) is 3.44. The molecule has 1 aromatic rings. The van der Waals surface area contributed by atoms with E-state index in [9.17, 15) is 9.90 Å². The van der Waals surface area contributed by atoms with Gasteiger partial charge in [0, 0.05) is 12.7 Å². The first-order valence-electron chi connectivity index (χ1n) is 7.34. The number of nitrogens with zero attached hydrogens (tertiary/aromatic N) is 2. The quantitative estimate of drug-likeness (QED) is 0.885. The average molecular weight is 264 g/mol. The van der Waals surface area contributed by atoms with Crippen LogP contribution in [0.1, 0.15) is 50.4 Å². The van der Waals surface area contributed by atoms with Gasteiger partial charge in [0.1, 0.15) is 6.10 Å². The molecular weight excluding hydrogens is 240 g/mol. The number of aryl methyl sites for hydroxylation is 2. The molecule has 1 fully saturated rings. The first-order valence-corrected chi connectivity index (χ1v) is 7.34. The Morgan fingerprint density at radius 3 is 2.74 bits per heavy atom. The van der Waals surface area contributed by atoms with Crippen molar-refractivity contribution in [2.75, 3.05) is 0 Å². The molecule has 0 radical (unpaired) electrons. The Hall–Kier alpha value is -1.16. The largest absolute Gasteiger partial charge is 0.385 e. The molecule has 4 heteroatoms. The summed E-state index contributed by atoms with van der Waals surface area (Å²) in [4.78, 5) is 12.2. The average Bonchev–Trinajstić information content (AvgIpc) is 2.79. The lowest BCUT2D eigenvalue weighted by atomic mass is 9.83. The highest BCUT2D eigenvalue weighted by Crippen LogP contribution is 2.27. The molecular formula is C15H24N2O2. The van der Waals surface area contributed by atoms with Gasteiger partial charge in [-0.05, 0) is 31.2 Å². The van der Waals surface area contributed by atoms with Crippen molar-refractivity contribution in [3.8, 4) is 0 Å². The maximum atomic E-state index is 12.2. The van der Waals surface area contributed by atoms with Crippen LogP contribution in [0.15, 0.2) is 6.07 Å². The molecule has 0 spiro atoms. The van der Waals surface area contributed by atoms with Gasteiger partial charge in [-0.2, -0.15) is 5.10 Å². The SMILES string of the molecule is CCc1cc(CC(=O)C(O)C2CCCCC2)n(C)n1. The van der Waals surface area contributed by atoms with E-state index < -0.39 is 6.10 Å². The van der Waals surface area contributed by atoms with Gasteiger partial charge in [0.25, 0.3) is 0 Å². The second-order valence-electron chi connectivity index (χ2n) is 5.59. The first-order chi connectivity index (χ1) is 9.11. The molecule has 4 nitrogen and oxygen atoms in total. The third-order valence-electron chi connectivity index (χ3n) is 4.17. The van der Waals surface area contributed by atoms with Crippen molar-refractivity contribution in [2.45, 2.75) is 58.0 Å². The van der Waals surface area contributed by atoms with Gasteiger partial charge in [0.05, 0.1) is 12.1 Å². The molecule has 0 aromatic carbocycles. The predicted octanol–water partition coefficient (Wildman–Crippen LogP) is 2.04. The molecule has 1 unspecified atom stereocenters. The zero-order valence-electron chi connectivity index (χ0n) is 11.9. The summed E-state index contributed by atoms with van der Waals surface area (Å²) in [6.07, 6.45) is 5.85. The number of Topliss-reactive ketones (excluding diaryl/α,β-unsaturated/α-hetero) is 1. The van der Waals surface area contributed by atoms with Crippen LogP contribution >= 0.6 is 0 Å². The van der Waals surface area contributed by atoms with Gasteiger partial charge in [0.15, 0.2) is 5.78 Å². The van der Waals surface area contributed by atoms with Gasteiger partial charge >= 0.3 is 0 Å². The van der Waals surface area contributed by atoms with Crippen molar-refractivity contribution in [1.82, 2.24) is 9.78 Å². The molecule has 1 aliphatic carbocycles. The predicted molar refractivity (Wildman–Crippen MR) is 73.9 cm³/mol. The molecule has 1 saturated carbocycles. The lowest BCUT2D eigenvalue weighted by Crippen LogP contribution is -2.32. The summed E-state index contributed by atoms with van der Waals surface area (Å²) in [5, 5.41) is 14.5. The smallest absolute Gasteiger partial charge is 0.167 e. The third-order valence-corrected chi connectivity index (χ3v) is 4.17. The van der Waals surface area contributed by atoms with Gasteiger partial charge < -0.3 is 5.11 Å². The topological polar surface area (TPSA) is 55.1 Å². The van der Waals surface area contributed by atoms with E-state index in [0.29, 0.717) is 6.42 Å². The summed E-state index contributed by atoms with van der Waals surface area (Å²) in [6, 6.07) is 1.96. The molecule has 1 heterocycles. The number of carbonyl (C=O) groups is 1. The van der Waals surface area contributed by atoms with Crippen LogP contribution in [0.25, 0.3) is 0 Å². The van der Waals surface area contributed by atoms with Crippen molar-refractivity contribution in [3.05, 3.63) is 17.5 Å². The fraction of sp³-hybridized carbons (Fsp3) is 0.733. The van der Waals surface area contributed by atoms with E-state index in [-0.39, 0.29) is 11.7 Å². The van der Waals surface area contributed by atoms with E-state index in [0.717, 1.165) is 43.5 Å². The van der Waals surface area contributed by atoms with Crippen molar-refractivity contribution in [2.24, 2.45) is 13.0 Å². The van der Waals surface area contributed by atoms with Crippen molar-refractivity contribution < 1.29 is 9.90 Å². The lowest BCUT2D eigenvalue weighted by molar-refractivity contribution is -0.129. The number of aromatic nitrogens is 2. The van der Waals surface area contributed by atoms with E-state index in [2.05, 4.69) is 5.10 Å². The minimum absolute atomic E-state index is 0.0578. The Balaban J connectivity index is 1.97. The minimum atomic E-state index is -0.791. The van der Waals surface area contributed by atoms with Crippen LogP contribution in [0.5, 0.6) is 0 Å². The number of aliphatic hydroxyl groups excluding tert-OH is 1. The molecule has 1 aromatic heterocycles. The van der Waals surface area contributed by atoms with Gasteiger partial charge in [-0.3, -0.25) is 9.48 Å². The molecule has 1 atom stereocenters. The van der Waals surface area contributed by atoms with Crippen LogP contribution in [0, 0.1) is 5.92 Å². The fourth-order valence-corrected chi connectivity index (χ4v) is 2.91. The Bertz CT molecular complexity index is 433. The Morgan fingerprint density at radius 1 is 1.47 bits per heavy atom. The van der Waals surface area contributed by atoms with Gasteiger partial charge in [0.2, 0.25) is 0 Å². The van der Waals surface area contributed by atoms with Crippen LogP contribution < -0.4 is 0 Å². The maximum absolute atomic E-state index is 12.2. The van der Waals surface area contributed by atoms with Crippen LogP contribution in [-0.4, -0.2) is 26.8 Å². The van der Waals surface area contributed by atoms with Crippen molar-refractivity contribution in [3.63, 3.8) is 0 Å². The van der Waals surface area contributed by atoms with Crippen molar-refractivity contribution in [1.29, 1.82) is 0 Å². The summed E-state index contributed by atoms with van der Waals surface area (Å²) >= 11 is 0. The number of hydrogen-bond donors (Lipinski definition) is 1. The maximum Gasteiger partial charge on any atom is 0.167 e. The lowest BCUT2D eigenvalue weighted by Gasteiger charge is -2.25. The Morgan fingerprint density at radius 2 is 2.16 bits per heavy atom. The van der Waals surface area contributed by atoms with Crippen LogP contribution in [0.3, 0.4) is 0 Å². The minimum Gasteiger partial charge on any atom is -0.385 e. The monoisotopic (exact) mass is 264 g/mol. The molecule has 2 rings (SSSR count). The fourth-order valence-electron chi connectivity index (χ4n) is 2.91. The normalized spacial score (nSPS) is 18.5. The van der Waals surface area contributed by atoms with Crippen LogP contribution in [-0.2, 0) is 24.7 Å². The summed E-state index contributed by atoms with van der Waals surface area (Å²) in [6.45, 7) is 2.05. The number of ketones is 1. The summed E-state index contributed by atoms with van der Waals surface area (Å²) in [7, 11) is 1.86. The molecule has 1 aliphatic rings. The van der Waals surface area contributed by atoms with E-state index in [4.69, 9.17) is 0 Å². The zero-order valence-corrected chi connectivity index (χ0v) is 11.9. The first kappa shape index (κ1) is 14.3. The summed E-state index contributed by atoms with van der Waals surface area (Å²) < 4.78 is 1.75. The van der Waals surface area contributed by atoms with Crippen LogP contribution in [0.2, 0.25) is 0 Å². The Labute approximate surface area is 114 Å². The molecule has 106 valence electrons. The second kappa shape index (κ2) is 6.33. The zero-order chi connectivity index (χ0) is 13.8. The highest BCUT2D eigenvalue weighted by Gasteiger charge is 2.27. The summed E-state index contributed by atoms with van der Waals surface area (Å²) in [5.74, 6) is 0.109. The Kier molecular flexibility index (Phi) is 4.75. The number of rotatable bonds is 5. The van der Waals surface area contributed by atoms with Crippen LogP contribution in [0.4, 0.5) is 0 Å². The number of hydrogen-bond acceptors (Lipinski definition) is 3. The van der Waals surface area contributed by atoms with E-state index in [1.807, 2.05) is 20.0 Å². The summed E-state index contributed by atoms with van der Waals surface area (Å²) in [5.41, 5.74) is 1.90. The number of carbonyl (C=O) groups excluding carboxylic acids is 1. The highest BCUT2D eigenvalue weighted by atomic mass is 16.3. The van der Waals surface area contributed by atoms with Gasteiger partial charge in [-0.1, -0.05) is 26.2 Å². The van der Waals surface area contributed by atoms with E-state index in [1.165, 1.54) is 6.42 Å². The number of aliphatic hydroxyl groups is 1. The van der Waals surface area contributed by atoms with E-state index >= 15 is 0 Å². The standard InChI is InChI=1S/C15H24N2O2/c1-3-12-9-13(17(2)16-12)10-14(18)15(19)11-7-5-4-6-8-11/h9,11,15,19H,3-8,10H2,1-2H3. The molecule has 19 heavy (non-hydrogen) atoms. The second-order valence-corrected chi connectivity index (χ2v) is 5.59. The van der Waals surface area contributed by atoms with Crippen molar-refractivity contribution >= 4 is 5.78 Å². The molecule has 1 N–H and O–H groups in total. The molecule has 0 saturated heterocycles. The molecule has 0 amide bonds. The molecule has 0 aliphatic heterocycles. The van der Waals surface area contributed by atoms with E-state index in [1.54, 1.807) is 4.68 Å². The van der Waals surface area contributed by atoms with Gasteiger partial charge in [-0.25, -0.2) is 0 Å². The van der Waals surface area contributed by atoms with Gasteiger partial charge in [-0.15, -0.1) is 0 Å².